The van der Waals surface area contributed by atoms with Gasteiger partial charge in [-0.1, -0.05) is 12.1 Å². The van der Waals surface area contributed by atoms with E-state index in [2.05, 4.69) is 5.32 Å². The average molecular weight is 234 g/mol. The van der Waals surface area contributed by atoms with Crippen LogP contribution >= 0.6 is 0 Å². The molecule has 0 heterocycles. The molecule has 1 amide bonds. The molecule has 0 saturated carbocycles. The van der Waals surface area contributed by atoms with Crippen molar-refractivity contribution < 1.29 is 4.79 Å². The van der Waals surface area contributed by atoms with Crippen molar-refractivity contribution in [3.63, 3.8) is 0 Å². The molecule has 3 N–H and O–H groups in total. The SMILES string of the molecule is C[C@@H](N)Cc1ccc(C(=O)NC(C)(C)C)cc1. The maximum Gasteiger partial charge on any atom is 0.251 e. The molecule has 1 atom stereocenters. The van der Waals surface area contributed by atoms with E-state index in [1.807, 2.05) is 52.0 Å². The Bertz CT molecular complexity index is 374. The average Bonchev–Trinajstić information content (AvgIpc) is 2.15. The number of amides is 1. The Labute approximate surface area is 103 Å². The summed E-state index contributed by atoms with van der Waals surface area (Å²) < 4.78 is 0. The van der Waals surface area contributed by atoms with Gasteiger partial charge in [0.15, 0.2) is 0 Å². The van der Waals surface area contributed by atoms with E-state index < -0.39 is 0 Å². The Morgan fingerprint density at radius 1 is 1.29 bits per heavy atom. The number of nitrogens with one attached hydrogen (secondary N) is 1. The smallest absolute Gasteiger partial charge is 0.251 e. The molecule has 0 aliphatic heterocycles. The van der Waals surface area contributed by atoms with Crippen molar-refractivity contribution in [3.8, 4) is 0 Å². The highest BCUT2D eigenvalue weighted by atomic mass is 16.1. The van der Waals surface area contributed by atoms with Gasteiger partial charge in [0.2, 0.25) is 0 Å². The fourth-order valence-electron chi connectivity index (χ4n) is 1.58. The number of carbonyl (C=O) groups is 1. The Morgan fingerprint density at radius 3 is 2.24 bits per heavy atom. The van der Waals surface area contributed by atoms with Crippen molar-refractivity contribution >= 4 is 5.91 Å². The molecule has 94 valence electrons. The first-order chi connectivity index (χ1) is 7.78. The van der Waals surface area contributed by atoms with E-state index in [9.17, 15) is 4.79 Å². The van der Waals surface area contributed by atoms with Crippen LogP contribution in [0.1, 0.15) is 43.6 Å². The lowest BCUT2D eigenvalue weighted by Gasteiger charge is -2.20. The van der Waals surface area contributed by atoms with E-state index in [-0.39, 0.29) is 17.5 Å². The summed E-state index contributed by atoms with van der Waals surface area (Å²) in [6, 6.07) is 7.75. The molecule has 17 heavy (non-hydrogen) atoms. The van der Waals surface area contributed by atoms with Gasteiger partial charge < -0.3 is 11.1 Å². The zero-order valence-electron chi connectivity index (χ0n) is 11.1. The number of hydrogen-bond acceptors (Lipinski definition) is 2. The number of benzene rings is 1. The van der Waals surface area contributed by atoms with Gasteiger partial charge in [-0.2, -0.15) is 0 Å². The van der Waals surface area contributed by atoms with Crippen LogP contribution in [0, 0.1) is 0 Å². The first-order valence-electron chi connectivity index (χ1n) is 5.95. The Kier molecular flexibility index (Phi) is 4.29. The minimum Gasteiger partial charge on any atom is -0.347 e. The van der Waals surface area contributed by atoms with Crippen LogP contribution in [-0.4, -0.2) is 17.5 Å². The summed E-state index contributed by atoms with van der Waals surface area (Å²) in [6.45, 7) is 7.88. The molecule has 0 aliphatic carbocycles. The maximum atomic E-state index is 11.9. The molecule has 0 radical (unpaired) electrons. The molecule has 3 nitrogen and oxygen atoms in total. The van der Waals surface area contributed by atoms with Crippen LogP contribution in [0.5, 0.6) is 0 Å². The standard InChI is InChI=1S/C14H22N2O/c1-10(15)9-11-5-7-12(8-6-11)13(17)16-14(2,3)4/h5-8,10H,9,15H2,1-4H3,(H,16,17)/t10-/m1/s1. The van der Waals surface area contributed by atoms with Crippen LogP contribution in [0.25, 0.3) is 0 Å². The van der Waals surface area contributed by atoms with Gasteiger partial charge in [0, 0.05) is 17.1 Å². The lowest BCUT2D eigenvalue weighted by atomic mass is 10.0. The minimum atomic E-state index is -0.207. The van der Waals surface area contributed by atoms with Gasteiger partial charge in [-0.3, -0.25) is 4.79 Å². The summed E-state index contributed by atoms with van der Waals surface area (Å²) >= 11 is 0. The summed E-state index contributed by atoms with van der Waals surface area (Å²) in [5, 5.41) is 2.93. The van der Waals surface area contributed by atoms with Crippen LogP contribution in [-0.2, 0) is 6.42 Å². The van der Waals surface area contributed by atoms with Gasteiger partial charge in [-0.05, 0) is 51.8 Å². The highest BCUT2D eigenvalue weighted by molar-refractivity contribution is 5.94. The van der Waals surface area contributed by atoms with Gasteiger partial charge in [0.1, 0.15) is 0 Å². The maximum absolute atomic E-state index is 11.9. The van der Waals surface area contributed by atoms with Gasteiger partial charge in [-0.25, -0.2) is 0 Å². The summed E-state index contributed by atoms with van der Waals surface area (Å²) in [7, 11) is 0. The lowest BCUT2D eigenvalue weighted by Crippen LogP contribution is -2.40. The van der Waals surface area contributed by atoms with E-state index in [1.54, 1.807) is 0 Å². The summed E-state index contributed by atoms with van der Waals surface area (Å²) in [5.74, 6) is -0.0372. The highest BCUT2D eigenvalue weighted by Gasteiger charge is 2.14. The molecule has 3 heteroatoms. The van der Waals surface area contributed by atoms with Gasteiger partial charge in [0.05, 0.1) is 0 Å². The molecule has 0 bridgehead atoms. The van der Waals surface area contributed by atoms with Crippen molar-refractivity contribution in [1.82, 2.24) is 5.32 Å². The van der Waals surface area contributed by atoms with Crippen molar-refractivity contribution in [2.45, 2.75) is 45.7 Å². The van der Waals surface area contributed by atoms with Gasteiger partial charge in [-0.15, -0.1) is 0 Å². The van der Waals surface area contributed by atoms with Gasteiger partial charge in [0.25, 0.3) is 5.91 Å². The topological polar surface area (TPSA) is 55.1 Å². The molecule has 0 aromatic heterocycles. The Morgan fingerprint density at radius 2 is 1.82 bits per heavy atom. The fraction of sp³-hybridized carbons (Fsp3) is 0.500. The number of hydrogen-bond donors (Lipinski definition) is 2. The van der Waals surface area contributed by atoms with E-state index in [4.69, 9.17) is 5.73 Å². The van der Waals surface area contributed by atoms with E-state index in [1.165, 1.54) is 0 Å². The lowest BCUT2D eigenvalue weighted by molar-refractivity contribution is 0.0919. The Hall–Kier alpha value is -1.35. The molecule has 0 fully saturated rings. The molecule has 1 aromatic carbocycles. The van der Waals surface area contributed by atoms with Crippen molar-refractivity contribution in [2.75, 3.05) is 0 Å². The third kappa shape index (κ3) is 5.00. The Balaban J connectivity index is 2.71. The minimum absolute atomic E-state index is 0.0372. The third-order valence-electron chi connectivity index (χ3n) is 2.26. The second kappa shape index (κ2) is 5.32. The second-order valence-electron chi connectivity index (χ2n) is 5.58. The molecular weight excluding hydrogens is 212 g/mol. The van der Waals surface area contributed by atoms with Crippen molar-refractivity contribution in [1.29, 1.82) is 0 Å². The predicted octanol–water partition coefficient (Wildman–Crippen LogP) is 2.10. The first-order valence-corrected chi connectivity index (χ1v) is 5.95. The van der Waals surface area contributed by atoms with Crippen LogP contribution < -0.4 is 11.1 Å². The fourth-order valence-corrected chi connectivity index (χ4v) is 1.58. The largest absolute Gasteiger partial charge is 0.347 e. The summed E-state index contributed by atoms with van der Waals surface area (Å²) in [6.07, 6.45) is 0.834. The molecule has 1 rings (SSSR count). The normalized spacial score (nSPS) is 13.2. The third-order valence-corrected chi connectivity index (χ3v) is 2.26. The van der Waals surface area contributed by atoms with Crippen LogP contribution in [0.2, 0.25) is 0 Å². The van der Waals surface area contributed by atoms with E-state index in [0.29, 0.717) is 5.56 Å². The second-order valence-corrected chi connectivity index (χ2v) is 5.58. The number of rotatable bonds is 3. The van der Waals surface area contributed by atoms with Crippen molar-refractivity contribution in [2.24, 2.45) is 5.73 Å². The highest BCUT2D eigenvalue weighted by Crippen LogP contribution is 2.08. The first kappa shape index (κ1) is 13.7. The molecule has 1 aromatic rings. The predicted molar refractivity (Wildman–Crippen MR) is 71.0 cm³/mol. The summed E-state index contributed by atoms with van der Waals surface area (Å²) in [4.78, 5) is 11.9. The molecule has 0 unspecified atom stereocenters. The zero-order valence-corrected chi connectivity index (χ0v) is 11.1. The zero-order chi connectivity index (χ0) is 13.1. The quantitative estimate of drug-likeness (QED) is 0.841. The monoisotopic (exact) mass is 234 g/mol. The molecular formula is C14H22N2O. The van der Waals surface area contributed by atoms with Crippen LogP contribution in [0.3, 0.4) is 0 Å². The molecule has 0 saturated heterocycles. The van der Waals surface area contributed by atoms with E-state index >= 15 is 0 Å². The van der Waals surface area contributed by atoms with Crippen molar-refractivity contribution in [3.05, 3.63) is 35.4 Å². The van der Waals surface area contributed by atoms with E-state index in [0.717, 1.165) is 12.0 Å². The molecule has 0 aliphatic rings. The number of nitrogens with two attached hydrogens (primary N) is 1. The summed E-state index contributed by atoms with van der Waals surface area (Å²) in [5.41, 5.74) is 7.37. The molecule has 0 spiro atoms. The van der Waals surface area contributed by atoms with Gasteiger partial charge >= 0.3 is 0 Å². The van der Waals surface area contributed by atoms with Crippen LogP contribution in [0.15, 0.2) is 24.3 Å². The van der Waals surface area contributed by atoms with Crippen LogP contribution in [0.4, 0.5) is 0 Å². The number of carbonyl (C=O) groups excluding carboxylic acids is 1.